The van der Waals surface area contributed by atoms with E-state index in [2.05, 4.69) is 0 Å². The lowest BCUT2D eigenvalue weighted by Gasteiger charge is -2.34. The number of methoxy groups -OCH3 is 1. The Morgan fingerprint density at radius 2 is 1.97 bits per heavy atom. The molecule has 0 spiro atoms. The van der Waals surface area contributed by atoms with Crippen molar-refractivity contribution in [1.82, 2.24) is 0 Å². The number of hydrogen-bond acceptors (Lipinski definition) is 5. The lowest BCUT2D eigenvalue weighted by molar-refractivity contribution is -0.117. The number of benzene rings is 2. The maximum Gasteiger partial charge on any atom is 0.219 e. The zero-order valence-electron chi connectivity index (χ0n) is 15.8. The van der Waals surface area contributed by atoms with Crippen LogP contribution in [0.4, 0.5) is 25.8 Å². The molecule has 2 aromatic rings. The minimum Gasteiger partial charge on any atom is -0.383 e. The second-order valence-corrected chi connectivity index (χ2v) is 6.70. The van der Waals surface area contributed by atoms with Gasteiger partial charge in [-0.2, -0.15) is 0 Å². The van der Waals surface area contributed by atoms with Gasteiger partial charge in [0.2, 0.25) is 6.41 Å². The highest BCUT2D eigenvalue weighted by atomic mass is 19.1. The fraction of sp³-hybridized carbons (Fsp3) is 0.238. The molecule has 150 valence electrons. The molecule has 1 amide bonds. The molecule has 0 saturated carbocycles. The Morgan fingerprint density at radius 3 is 2.69 bits per heavy atom. The Balaban J connectivity index is 1.93. The average Bonchev–Trinajstić information content (AvgIpc) is 3.02. The average molecular weight is 399 g/mol. The molecule has 6 nitrogen and oxygen atoms in total. The summed E-state index contributed by atoms with van der Waals surface area (Å²) in [5.41, 5.74) is 1.34. The lowest BCUT2D eigenvalue weighted by Crippen LogP contribution is -2.43. The van der Waals surface area contributed by atoms with Crippen molar-refractivity contribution in [3.63, 3.8) is 0 Å². The number of fused-ring (bicyclic) bond motifs is 3. The number of hydrogen-bond donors (Lipinski definition) is 0. The molecule has 0 radical (unpaired) electrons. The largest absolute Gasteiger partial charge is 0.383 e. The summed E-state index contributed by atoms with van der Waals surface area (Å²) in [6.07, 6.45) is 0.576. The molecule has 2 heterocycles. The molecule has 4 rings (SSSR count). The van der Waals surface area contributed by atoms with E-state index < -0.39 is 11.6 Å². The highest BCUT2D eigenvalue weighted by Gasteiger charge is 2.41. The second-order valence-electron chi connectivity index (χ2n) is 6.70. The fourth-order valence-electron chi connectivity index (χ4n) is 3.78. The van der Waals surface area contributed by atoms with Crippen LogP contribution in [0, 0.1) is 11.6 Å². The third-order valence-corrected chi connectivity index (χ3v) is 5.05. The number of anilines is 3. The van der Waals surface area contributed by atoms with Gasteiger partial charge in [-0.05, 0) is 30.3 Å². The van der Waals surface area contributed by atoms with Crippen LogP contribution in [0.1, 0.15) is 6.42 Å². The zero-order chi connectivity index (χ0) is 20.5. The molecular formula is C21H19F2N3O3. The number of carbonyl (C=O) groups is 2. The van der Waals surface area contributed by atoms with Gasteiger partial charge in [0.05, 0.1) is 23.7 Å². The molecule has 2 aliphatic heterocycles. The van der Waals surface area contributed by atoms with Gasteiger partial charge in [0, 0.05) is 26.6 Å². The van der Waals surface area contributed by atoms with Crippen molar-refractivity contribution in [1.29, 1.82) is 0 Å². The molecular weight excluding hydrogens is 380 g/mol. The predicted molar refractivity (Wildman–Crippen MR) is 105 cm³/mol. The third-order valence-electron chi connectivity index (χ3n) is 5.05. The molecule has 0 unspecified atom stereocenters. The van der Waals surface area contributed by atoms with Gasteiger partial charge in [0.15, 0.2) is 5.78 Å². The number of halogens is 2. The Bertz CT molecular complexity index is 1010. The Hall–Kier alpha value is -3.26. The van der Waals surface area contributed by atoms with Crippen molar-refractivity contribution < 1.29 is 23.1 Å². The number of Topliss-reactive ketones (excluding diaryl/α,β-unsaturated/α-hetero) is 1. The maximum atomic E-state index is 14.4. The Kier molecular flexibility index (Phi) is 5.02. The van der Waals surface area contributed by atoms with Crippen LogP contribution in [0.15, 0.2) is 54.0 Å². The number of nitrogens with zero attached hydrogens (tertiary/aromatic N) is 3. The zero-order valence-corrected chi connectivity index (χ0v) is 15.8. The Morgan fingerprint density at radius 1 is 1.17 bits per heavy atom. The summed E-state index contributed by atoms with van der Waals surface area (Å²) in [5, 5.41) is 0. The highest BCUT2D eigenvalue weighted by Crippen LogP contribution is 2.45. The monoisotopic (exact) mass is 399 g/mol. The van der Waals surface area contributed by atoms with Crippen molar-refractivity contribution in [3.05, 3.63) is 65.6 Å². The molecule has 0 atom stereocenters. The minimum absolute atomic E-state index is 0.0194. The molecule has 0 fully saturated rings. The van der Waals surface area contributed by atoms with Crippen LogP contribution in [-0.4, -0.2) is 39.0 Å². The van der Waals surface area contributed by atoms with Crippen LogP contribution in [-0.2, 0) is 14.3 Å². The van der Waals surface area contributed by atoms with Gasteiger partial charge >= 0.3 is 0 Å². The smallest absolute Gasteiger partial charge is 0.219 e. The van der Waals surface area contributed by atoms with Crippen molar-refractivity contribution in [2.45, 2.75) is 6.42 Å². The number of amides is 1. The van der Waals surface area contributed by atoms with E-state index >= 15 is 0 Å². The second kappa shape index (κ2) is 7.63. The quantitative estimate of drug-likeness (QED) is 0.699. The van der Waals surface area contributed by atoms with Crippen LogP contribution in [0.25, 0.3) is 0 Å². The molecule has 0 aromatic heterocycles. The van der Waals surface area contributed by atoms with Crippen LogP contribution in [0.5, 0.6) is 0 Å². The first kappa shape index (κ1) is 19.1. The van der Waals surface area contributed by atoms with E-state index in [1.165, 1.54) is 30.3 Å². The summed E-state index contributed by atoms with van der Waals surface area (Å²) in [6, 6.07) is 10.1. The molecule has 0 saturated heterocycles. The normalized spacial score (nSPS) is 15.5. The van der Waals surface area contributed by atoms with E-state index in [4.69, 9.17) is 4.74 Å². The topological polar surface area (TPSA) is 53.1 Å². The van der Waals surface area contributed by atoms with Gasteiger partial charge < -0.3 is 14.5 Å². The predicted octanol–water partition coefficient (Wildman–Crippen LogP) is 3.04. The van der Waals surface area contributed by atoms with Crippen LogP contribution in [0.3, 0.4) is 0 Å². The SMILES string of the molecule is COCCN1C2=C(N(C=O)c3ccccc3F)C(=O)CCN2c2ccc(F)cc21. The number of para-hydroxylation sites is 1. The molecule has 8 heteroatoms. The first-order valence-corrected chi connectivity index (χ1v) is 9.17. The fourth-order valence-corrected chi connectivity index (χ4v) is 3.78. The van der Waals surface area contributed by atoms with Gasteiger partial charge in [0.25, 0.3) is 0 Å². The van der Waals surface area contributed by atoms with Crippen molar-refractivity contribution in [2.24, 2.45) is 0 Å². The number of allylic oxidation sites excluding steroid dienone is 1. The van der Waals surface area contributed by atoms with E-state index in [0.29, 0.717) is 37.6 Å². The highest BCUT2D eigenvalue weighted by molar-refractivity contribution is 6.08. The van der Waals surface area contributed by atoms with Crippen molar-refractivity contribution in [3.8, 4) is 0 Å². The summed E-state index contributed by atoms with van der Waals surface area (Å²) in [6.45, 7) is 1.03. The van der Waals surface area contributed by atoms with E-state index in [9.17, 15) is 18.4 Å². The van der Waals surface area contributed by atoms with Crippen molar-refractivity contribution >= 4 is 29.3 Å². The van der Waals surface area contributed by atoms with Gasteiger partial charge in [0.1, 0.15) is 23.2 Å². The van der Waals surface area contributed by atoms with Gasteiger partial charge in [-0.15, -0.1) is 0 Å². The molecule has 0 N–H and O–H groups in total. The molecule has 2 aliphatic rings. The first-order valence-electron chi connectivity index (χ1n) is 9.17. The number of carbonyl (C=O) groups excluding carboxylic acids is 2. The van der Waals surface area contributed by atoms with E-state index in [1.807, 2.05) is 4.90 Å². The maximum absolute atomic E-state index is 14.4. The number of rotatable bonds is 6. The van der Waals surface area contributed by atoms with Crippen LogP contribution < -0.4 is 14.7 Å². The summed E-state index contributed by atoms with van der Waals surface area (Å²) in [5.74, 6) is -0.903. The molecule has 0 bridgehead atoms. The molecule has 2 aromatic carbocycles. The number of ether oxygens (including phenoxy) is 1. The van der Waals surface area contributed by atoms with Crippen LogP contribution >= 0.6 is 0 Å². The van der Waals surface area contributed by atoms with Gasteiger partial charge in [-0.25, -0.2) is 8.78 Å². The standard InChI is InChI=1S/C21H19F2N3O3/c1-29-11-10-25-18-12-14(22)6-7-17(18)24-9-8-19(28)20(21(24)25)26(13-27)16-5-3-2-4-15(16)23/h2-7,12-13H,8-11H2,1H3. The van der Waals surface area contributed by atoms with E-state index in [1.54, 1.807) is 24.1 Å². The Labute approximate surface area is 166 Å². The van der Waals surface area contributed by atoms with E-state index in [0.717, 1.165) is 10.6 Å². The van der Waals surface area contributed by atoms with Crippen molar-refractivity contribution in [2.75, 3.05) is 41.5 Å². The molecule has 0 aliphatic carbocycles. The molecule has 29 heavy (non-hydrogen) atoms. The third kappa shape index (κ3) is 3.15. The van der Waals surface area contributed by atoms with Gasteiger partial charge in [-0.1, -0.05) is 12.1 Å². The number of ketones is 1. The minimum atomic E-state index is -0.623. The lowest BCUT2D eigenvalue weighted by atomic mass is 10.1. The van der Waals surface area contributed by atoms with E-state index in [-0.39, 0.29) is 23.6 Å². The summed E-state index contributed by atoms with van der Waals surface area (Å²) in [4.78, 5) is 29.5. The van der Waals surface area contributed by atoms with Gasteiger partial charge in [-0.3, -0.25) is 14.5 Å². The summed E-state index contributed by atoms with van der Waals surface area (Å²) >= 11 is 0. The summed E-state index contributed by atoms with van der Waals surface area (Å²) in [7, 11) is 1.54. The summed E-state index contributed by atoms with van der Waals surface area (Å²) < 4.78 is 33.6. The van der Waals surface area contributed by atoms with Crippen LogP contribution in [0.2, 0.25) is 0 Å². The first-order chi connectivity index (χ1) is 14.1.